The maximum absolute atomic E-state index is 12.9. The first-order valence-corrected chi connectivity index (χ1v) is 11.5. The fourth-order valence-corrected chi connectivity index (χ4v) is 4.29. The Morgan fingerprint density at radius 1 is 1.16 bits per heavy atom. The Balaban J connectivity index is 1.40. The summed E-state index contributed by atoms with van der Waals surface area (Å²) < 4.78 is 5.61. The molecule has 1 saturated heterocycles. The molecule has 0 saturated carbocycles. The van der Waals surface area contributed by atoms with Gasteiger partial charge in [0, 0.05) is 36.8 Å². The number of nitrogens with one attached hydrogen (secondary N) is 1. The van der Waals surface area contributed by atoms with Crippen LogP contribution in [-0.2, 0) is 4.79 Å². The summed E-state index contributed by atoms with van der Waals surface area (Å²) >= 11 is 0. The Morgan fingerprint density at radius 3 is 2.59 bits per heavy atom. The van der Waals surface area contributed by atoms with E-state index in [0.717, 1.165) is 66.2 Å². The smallest absolute Gasteiger partial charge is 0.226 e. The van der Waals surface area contributed by atoms with Gasteiger partial charge in [0.05, 0.1) is 23.9 Å². The Kier molecular flexibility index (Phi) is 6.83. The molecular weight excluding hydrogens is 402 g/mol. The fraction of sp³-hybridized carbons (Fsp3) is 0.440. The first kappa shape index (κ1) is 22.0. The maximum atomic E-state index is 12.9. The van der Waals surface area contributed by atoms with Crippen LogP contribution in [0, 0.1) is 12.8 Å². The molecule has 1 atom stereocenters. The molecule has 0 bridgehead atoms. The number of carbonyl (C=O) groups excluding carboxylic acids is 1. The molecule has 1 amide bonds. The highest BCUT2D eigenvalue weighted by Crippen LogP contribution is 2.27. The van der Waals surface area contributed by atoms with Crippen LogP contribution in [0.5, 0.6) is 5.75 Å². The van der Waals surface area contributed by atoms with Gasteiger partial charge in [-0.05, 0) is 69.0 Å². The molecule has 1 aliphatic rings. The Morgan fingerprint density at radius 2 is 1.91 bits per heavy atom. The number of ether oxygens (including phenoxy) is 1. The molecule has 1 N–H and O–H groups in total. The number of aromatic nitrogens is 3. The maximum Gasteiger partial charge on any atom is 0.226 e. The van der Waals surface area contributed by atoms with E-state index < -0.39 is 0 Å². The van der Waals surface area contributed by atoms with Gasteiger partial charge in [0.1, 0.15) is 5.75 Å². The molecule has 3 heterocycles. The second-order valence-electron chi connectivity index (χ2n) is 8.23. The van der Waals surface area contributed by atoms with Gasteiger partial charge in [0.2, 0.25) is 11.9 Å². The van der Waals surface area contributed by atoms with Crippen molar-refractivity contribution in [1.29, 1.82) is 0 Å². The van der Waals surface area contributed by atoms with E-state index in [1.54, 1.807) is 12.4 Å². The van der Waals surface area contributed by atoms with Crippen molar-refractivity contribution in [3.63, 3.8) is 0 Å². The number of amides is 1. The van der Waals surface area contributed by atoms with E-state index in [1.165, 1.54) is 0 Å². The molecule has 0 radical (unpaired) electrons. The minimum Gasteiger partial charge on any atom is -0.494 e. The third-order valence-corrected chi connectivity index (χ3v) is 6.14. The average Bonchev–Trinajstić information content (AvgIpc) is 2.83. The molecule has 7 heteroatoms. The number of nitrogens with zero attached hydrogens (tertiary/aromatic N) is 4. The SMILES string of the molecule is CCOc1ccc2nc(N3CCC(C(=O)N[C@H](CC)c4ccncc4)CC3)nc(C)c2c1. The lowest BCUT2D eigenvalue weighted by molar-refractivity contribution is -0.126. The standard InChI is InChI=1S/C25H31N5O2/c1-4-22(18-8-12-26-13-9-18)28-24(31)19-10-14-30(15-11-19)25-27-17(3)21-16-20(32-5-2)6-7-23(21)29-25/h6-9,12-13,16,19,22H,4-5,10-11,14-15H2,1-3H3,(H,28,31)/t22-/m1/s1. The Bertz CT molecular complexity index is 1060. The summed E-state index contributed by atoms with van der Waals surface area (Å²) in [6.07, 6.45) is 5.98. The van der Waals surface area contributed by atoms with E-state index in [1.807, 2.05) is 44.2 Å². The van der Waals surface area contributed by atoms with Crippen LogP contribution in [0.1, 0.15) is 50.4 Å². The number of carbonyl (C=O) groups is 1. The van der Waals surface area contributed by atoms with Crippen LogP contribution in [0.2, 0.25) is 0 Å². The van der Waals surface area contributed by atoms with Crippen molar-refractivity contribution in [3.8, 4) is 5.75 Å². The van der Waals surface area contributed by atoms with Crippen molar-refractivity contribution in [3.05, 3.63) is 54.0 Å². The molecule has 3 aromatic rings. The molecule has 1 aromatic carbocycles. The fourth-order valence-electron chi connectivity index (χ4n) is 4.29. The molecule has 2 aromatic heterocycles. The zero-order chi connectivity index (χ0) is 22.5. The molecule has 32 heavy (non-hydrogen) atoms. The predicted octanol–water partition coefficient (Wildman–Crippen LogP) is 4.22. The number of benzene rings is 1. The molecule has 0 aliphatic carbocycles. The van der Waals surface area contributed by atoms with Crippen LogP contribution < -0.4 is 15.0 Å². The first-order chi connectivity index (χ1) is 15.6. The molecular formula is C25H31N5O2. The van der Waals surface area contributed by atoms with Crippen LogP contribution in [0.3, 0.4) is 0 Å². The van der Waals surface area contributed by atoms with Crippen LogP contribution in [0.4, 0.5) is 5.95 Å². The number of piperidine rings is 1. The van der Waals surface area contributed by atoms with Crippen molar-refractivity contribution >= 4 is 22.8 Å². The summed E-state index contributed by atoms with van der Waals surface area (Å²) in [5.74, 6) is 1.72. The summed E-state index contributed by atoms with van der Waals surface area (Å²) in [6.45, 7) is 8.24. The number of pyridine rings is 1. The van der Waals surface area contributed by atoms with Gasteiger partial charge >= 0.3 is 0 Å². The number of anilines is 1. The predicted molar refractivity (Wildman–Crippen MR) is 126 cm³/mol. The normalized spacial score (nSPS) is 15.5. The third-order valence-electron chi connectivity index (χ3n) is 6.14. The van der Waals surface area contributed by atoms with E-state index in [-0.39, 0.29) is 17.9 Å². The van der Waals surface area contributed by atoms with Crippen LogP contribution in [0.25, 0.3) is 10.9 Å². The number of hydrogen-bond acceptors (Lipinski definition) is 6. The third kappa shape index (κ3) is 4.82. The van der Waals surface area contributed by atoms with Gasteiger partial charge < -0.3 is 15.0 Å². The lowest BCUT2D eigenvalue weighted by atomic mass is 9.95. The van der Waals surface area contributed by atoms with Gasteiger partial charge in [-0.25, -0.2) is 9.97 Å². The molecule has 1 fully saturated rings. The topological polar surface area (TPSA) is 80.2 Å². The van der Waals surface area contributed by atoms with Crippen molar-refractivity contribution < 1.29 is 9.53 Å². The van der Waals surface area contributed by atoms with Crippen molar-refractivity contribution in [2.45, 2.75) is 46.1 Å². The Hall–Kier alpha value is -3.22. The summed E-state index contributed by atoms with van der Waals surface area (Å²) in [4.78, 5) is 28.7. The average molecular weight is 434 g/mol. The largest absolute Gasteiger partial charge is 0.494 e. The lowest BCUT2D eigenvalue weighted by Crippen LogP contribution is -2.42. The van der Waals surface area contributed by atoms with Gasteiger partial charge in [-0.1, -0.05) is 6.92 Å². The summed E-state index contributed by atoms with van der Waals surface area (Å²) in [7, 11) is 0. The quantitative estimate of drug-likeness (QED) is 0.601. The van der Waals surface area contributed by atoms with E-state index in [4.69, 9.17) is 14.7 Å². The summed E-state index contributed by atoms with van der Waals surface area (Å²) in [5.41, 5.74) is 2.95. The lowest BCUT2D eigenvalue weighted by Gasteiger charge is -2.32. The highest BCUT2D eigenvalue weighted by atomic mass is 16.5. The molecule has 0 unspecified atom stereocenters. The highest BCUT2D eigenvalue weighted by Gasteiger charge is 2.28. The second-order valence-corrected chi connectivity index (χ2v) is 8.23. The van der Waals surface area contributed by atoms with Gasteiger partial charge in [0.25, 0.3) is 0 Å². The van der Waals surface area contributed by atoms with E-state index in [0.29, 0.717) is 6.61 Å². The van der Waals surface area contributed by atoms with Gasteiger partial charge in [-0.3, -0.25) is 9.78 Å². The van der Waals surface area contributed by atoms with E-state index in [9.17, 15) is 4.79 Å². The zero-order valence-electron chi connectivity index (χ0n) is 19.0. The van der Waals surface area contributed by atoms with Crippen molar-refractivity contribution in [1.82, 2.24) is 20.3 Å². The summed E-state index contributed by atoms with van der Waals surface area (Å²) in [5, 5.41) is 4.24. The second kappa shape index (κ2) is 9.94. The highest BCUT2D eigenvalue weighted by molar-refractivity contribution is 5.83. The minimum atomic E-state index is 0.0115. The molecule has 7 nitrogen and oxygen atoms in total. The van der Waals surface area contributed by atoms with Crippen LogP contribution in [0.15, 0.2) is 42.7 Å². The Labute approximate surface area is 189 Å². The number of fused-ring (bicyclic) bond motifs is 1. The van der Waals surface area contributed by atoms with Gasteiger partial charge in [-0.15, -0.1) is 0 Å². The van der Waals surface area contributed by atoms with E-state index in [2.05, 4.69) is 22.1 Å². The summed E-state index contributed by atoms with van der Waals surface area (Å²) in [6, 6.07) is 9.90. The molecule has 168 valence electrons. The minimum absolute atomic E-state index is 0.0115. The van der Waals surface area contributed by atoms with E-state index >= 15 is 0 Å². The molecule has 1 aliphatic heterocycles. The zero-order valence-corrected chi connectivity index (χ0v) is 19.0. The van der Waals surface area contributed by atoms with Gasteiger partial charge in [0.15, 0.2) is 0 Å². The van der Waals surface area contributed by atoms with Crippen molar-refractivity contribution in [2.24, 2.45) is 5.92 Å². The van der Waals surface area contributed by atoms with Crippen LogP contribution >= 0.6 is 0 Å². The number of hydrogen-bond donors (Lipinski definition) is 1. The monoisotopic (exact) mass is 433 g/mol. The number of rotatable bonds is 7. The molecule has 0 spiro atoms. The first-order valence-electron chi connectivity index (χ1n) is 11.5. The van der Waals surface area contributed by atoms with Crippen molar-refractivity contribution in [2.75, 3.05) is 24.6 Å². The van der Waals surface area contributed by atoms with Gasteiger partial charge in [-0.2, -0.15) is 0 Å². The number of aryl methyl sites for hydroxylation is 1. The molecule has 4 rings (SSSR count). The van der Waals surface area contributed by atoms with Crippen LogP contribution in [-0.4, -0.2) is 40.6 Å².